The van der Waals surface area contributed by atoms with E-state index in [0.29, 0.717) is 18.3 Å². The van der Waals surface area contributed by atoms with Crippen molar-refractivity contribution in [3.63, 3.8) is 0 Å². The lowest BCUT2D eigenvalue weighted by atomic mass is 9.68. The van der Waals surface area contributed by atoms with E-state index in [4.69, 9.17) is 0 Å². The number of carboxylic acids is 2. The van der Waals surface area contributed by atoms with Crippen LogP contribution in [0.3, 0.4) is 0 Å². The van der Waals surface area contributed by atoms with Crippen LogP contribution < -0.4 is 0 Å². The van der Waals surface area contributed by atoms with Gasteiger partial charge in [0.2, 0.25) is 0 Å². The highest BCUT2D eigenvalue weighted by Gasteiger charge is 2.40. The summed E-state index contributed by atoms with van der Waals surface area (Å²) in [7, 11) is 0. The second-order valence-electron chi connectivity index (χ2n) is 9.25. The lowest BCUT2D eigenvalue weighted by Gasteiger charge is -2.36. The van der Waals surface area contributed by atoms with Gasteiger partial charge in [-0.05, 0) is 62.7 Å². The quantitative estimate of drug-likeness (QED) is 0.388. The normalized spacial score (nSPS) is 17.7. The minimum Gasteiger partial charge on any atom is -0.481 e. The van der Waals surface area contributed by atoms with Crippen LogP contribution in [-0.4, -0.2) is 22.2 Å². The first-order valence-corrected chi connectivity index (χ1v) is 10.4. The summed E-state index contributed by atoms with van der Waals surface area (Å²) in [5, 5.41) is 19.3. The predicted octanol–water partition coefficient (Wildman–Crippen LogP) is 6.09. The van der Waals surface area contributed by atoms with Gasteiger partial charge in [-0.2, -0.15) is 0 Å². The van der Waals surface area contributed by atoms with Crippen molar-refractivity contribution in [1.82, 2.24) is 0 Å². The van der Waals surface area contributed by atoms with Gasteiger partial charge in [-0.3, -0.25) is 9.59 Å². The Morgan fingerprint density at radius 1 is 0.923 bits per heavy atom. The molecule has 0 bridgehead atoms. The number of hydrogen-bond donors (Lipinski definition) is 2. The maximum atomic E-state index is 12.1. The molecular weight excluding hydrogens is 328 g/mol. The molecule has 0 radical (unpaired) electrons. The van der Waals surface area contributed by atoms with Crippen molar-refractivity contribution in [2.45, 2.75) is 93.4 Å². The molecule has 0 fully saturated rings. The van der Waals surface area contributed by atoms with Crippen LogP contribution in [0, 0.1) is 35.0 Å². The van der Waals surface area contributed by atoms with Crippen molar-refractivity contribution in [3.8, 4) is 0 Å². The molecule has 26 heavy (non-hydrogen) atoms. The Kier molecular flexibility index (Phi) is 11.1. The highest BCUT2D eigenvalue weighted by molar-refractivity contribution is 5.74. The van der Waals surface area contributed by atoms with Crippen LogP contribution in [0.4, 0.5) is 0 Å². The summed E-state index contributed by atoms with van der Waals surface area (Å²) in [6, 6.07) is 0. The molecule has 4 heteroatoms. The molecule has 0 aliphatic heterocycles. The van der Waals surface area contributed by atoms with Gasteiger partial charge in [-0.15, -0.1) is 0 Å². The van der Waals surface area contributed by atoms with E-state index in [9.17, 15) is 19.8 Å². The van der Waals surface area contributed by atoms with Crippen molar-refractivity contribution in [3.05, 3.63) is 0 Å². The molecule has 0 aromatic carbocycles. The summed E-state index contributed by atoms with van der Waals surface area (Å²) >= 11 is 0. The molecule has 0 saturated heterocycles. The zero-order valence-electron chi connectivity index (χ0n) is 18.0. The first-order chi connectivity index (χ1) is 12.0. The second-order valence-corrected chi connectivity index (χ2v) is 9.25. The van der Waals surface area contributed by atoms with Crippen LogP contribution >= 0.6 is 0 Å². The maximum absolute atomic E-state index is 12.1. The van der Waals surface area contributed by atoms with E-state index in [0.717, 1.165) is 38.5 Å². The summed E-state index contributed by atoms with van der Waals surface area (Å²) in [6.45, 7) is 14.3. The lowest BCUT2D eigenvalue weighted by molar-refractivity contribution is -0.153. The molecule has 0 spiro atoms. The smallest absolute Gasteiger partial charge is 0.309 e. The molecule has 0 rings (SSSR count). The van der Waals surface area contributed by atoms with Gasteiger partial charge >= 0.3 is 11.9 Å². The second kappa shape index (κ2) is 11.6. The average Bonchev–Trinajstić information content (AvgIpc) is 2.51. The minimum atomic E-state index is -0.750. The van der Waals surface area contributed by atoms with Gasteiger partial charge in [0.05, 0.1) is 11.3 Å². The van der Waals surface area contributed by atoms with E-state index >= 15 is 0 Å². The minimum absolute atomic E-state index is 0.111. The topological polar surface area (TPSA) is 74.6 Å². The van der Waals surface area contributed by atoms with Crippen LogP contribution in [-0.2, 0) is 9.59 Å². The SMILES string of the molecule is CCCC(CC(C)C)C(C)(CCCC(CC(C)C)C(C)C(=O)O)C(=O)O. The summed E-state index contributed by atoms with van der Waals surface area (Å²) < 4.78 is 0. The monoisotopic (exact) mass is 370 g/mol. The Morgan fingerprint density at radius 2 is 1.46 bits per heavy atom. The Balaban J connectivity index is 5.12. The van der Waals surface area contributed by atoms with Crippen molar-refractivity contribution in [1.29, 1.82) is 0 Å². The van der Waals surface area contributed by atoms with E-state index in [-0.39, 0.29) is 17.8 Å². The summed E-state index contributed by atoms with van der Waals surface area (Å²) in [5.74, 6) is -0.628. The van der Waals surface area contributed by atoms with Crippen LogP contribution in [0.25, 0.3) is 0 Å². The van der Waals surface area contributed by atoms with Crippen molar-refractivity contribution in [2.24, 2.45) is 35.0 Å². The Hall–Kier alpha value is -1.06. The van der Waals surface area contributed by atoms with Crippen molar-refractivity contribution in [2.75, 3.05) is 0 Å². The zero-order chi connectivity index (χ0) is 20.5. The fourth-order valence-corrected chi connectivity index (χ4v) is 4.21. The van der Waals surface area contributed by atoms with E-state index in [1.165, 1.54) is 0 Å². The Morgan fingerprint density at radius 3 is 1.85 bits per heavy atom. The summed E-state index contributed by atoms with van der Waals surface area (Å²) in [5.41, 5.74) is -0.727. The molecule has 4 atom stereocenters. The largest absolute Gasteiger partial charge is 0.481 e. The standard InChI is InChI=1S/C22H42O4/c1-8-10-19(14-16(4)5)22(7,21(25)26)12-9-11-18(13-15(2)3)17(6)20(23)24/h15-19H,8-14H2,1-7H3,(H,23,24)(H,25,26). The van der Waals surface area contributed by atoms with Crippen molar-refractivity contribution < 1.29 is 19.8 Å². The Labute approximate surface area is 160 Å². The van der Waals surface area contributed by atoms with E-state index in [1.807, 2.05) is 6.92 Å². The number of carbonyl (C=O) groups is 2. The molecule has 0 saturated carbocycles. The fourth-order valence-electron chi connectivity index (χ4n) is 4.21. The number of aliphatic carboxylic acids is 2. The van der Waals surface area contributed by atoms with E-state index in [1.54, 1.807) is 6.92 Å². The molecule has 0 amide bonds. The molecule has 4 nitrogen and oxygen atoms in total. The molecule has 0 aromatic rings. The van der Waals surface area contributed by atoms with Gasteiger partial charge in [0.25, 0.3) is 0 Å². The Bertz CT molecular complexity index is 430. The van der Waals surface area contributed by atoms with E-state index in [2.05, 4.69) is 34.6 Å². The number of rotatable bonds is 14. The summed E-state index contributed by atoms with van der Waals surface area (Å²) in [4.78, 5) is 23.5. The summed E-state index contributed by atoms with van der Waals surface area (Å²) in [6.07, 6.45) is 5.92. The molecule has 0 aliphatic rings. The van der Waals surface area contributed by atoms with Crippen LogP contribution in [0.1, 0.15) is 93.4 Å². The third-order valence-electron chi connectivity index (χ3n) is 5.92. The van der Waals surface area contributed by atoms with E-state index < -0.39 is 17.4 Å². The molecule has 2 N–H and O–H groups in total. The van der Waals surface area contributed by atoms with Crippen LogP contribution in [0.15, 0.2) is 0 Å². The first kappa shape index (κ1) is 24.9. The molecule has 0 aliphatic carbocycles. The van der Waals surface area contributed by atoms with Gasteiger partial charge in [-0.25, -0.2) is 0 Å². The highest BCUT2D eigenvalue weighted by Crippen LogP contribution is 2.41. The van der Waals surface area contributed by atoms with Gasteiger partial charge in [0.15, 0.2) is 0 Å². The molecule has 4 unspecified atom stereocenters. The highest BCUT2D eigenvalue weighted by atomic mass is 16.4. The third kappa shape index (κ3) is 8.09. The predicted molar refractivity (Wildman–Crippen MR) is 107 cm³/mol. The lowest BCUT2D eigenvalue weighted by Crippen LogP contribution is -2.37. The molecule has 154 valence electrons. The molecule has 0 aromatic heterocycles. The van der Waals surface area contributed by atoms with Gasteiger partial charge < -0.3 is 10.2 Å². The number of hydrogen-bond acceptors (Lipinski definition) is 2. The third-order valence-corrected chi connectivity index (χ3v) is 5.92. The average molecular weight is 371 g/mol. The van der Waals surface area contributed by atoms with Crippen LogP contribution in [0.5, 0.6) is 0 Å². The molecule has 0 heterocycles. The maximum Gasteiger partial charge on any atom is 0.309 e. The van der Waals surface area contributed by atoms with Gasteiger partial charge in [0, 0.05) is 0 Å². The number of carboxylic acid groups (broad SMARTS) is 2. The van der Waals surface area contributed by atoms with Gasteiger partial charge in [0.1, 0.15) is 0 Å². The van der Waals surface area contributed by atoms with Crippen molar-refractivity contribution >= 4 is 11.9 Å². The molecular formula is C22H42O4. The van der Waals surface area contributed by atoms with Crippen LogP contribution in [0.2, 0.25) is 0 Å². The fraction of sp³-hybridized carbons (Fsp3) is 0.909. The van der Waals surface area contributed by atoms with Gasteiger partial charge in [-0.1, -0.05) is 54.4 Å². The zero-order valence-corrected chi connectivity index (χ0v) is 18.0. The first-order valence-electron chi connectivity index (χ1n) is 10.4.